The number of hydrogen-bond donors (Lipinski definition) is 1. The number of benzene rings is 2. The Bertz CT molecular complexity index is 1110. The molecule has 0 unspecified atom stereocenters. The second kappa shape index (κ2) is 8.22. The van der Waals surface area contributed by atoms with Crippen LogP contribution in [0.3, 0.4) is 0 Å². The van der Waals surface area contributed by atoms with Crippen molar-refractivity contribution in [3.8, 4) is 28.6 Å². The van der Waals surface area contributed by atoms with E-state index >= 15 is 0 Å². The minimum atomic E-state index is 0.375. The van der Waals surface area contributed by atoms with Crippen molar-refractivity contribution in [3.63, 3.8) is 0 Å². The van der Waals surface area contributed by atoms with Crippen molar-refractivity contribution in [2.75, 3.05) is 7.11 Å². The van der Waals surface area contributed by atoms with E-state index in [1.807, 2.05) is 18.2 Å². The molecule has 0 amide bonds. The van der Waals surface area contributed by atoms with Crippen LogP contribution in [-0.2, 0) is 5.75 Å². The maximum absolute atomic E-state index is 6.16. The van der Waals surface area contributed by atoms with Crippen molar-refractivity contribution in [2.45, 2.75) is 10.9 Å². The van der Waals surface area contributed by atoms with E-state index in [-0.39, 0.29) is 0 Å². The Balaban J connectivity index is 1.47. The predicted molar refractivity (Wildman–Crippen MR) is 108 cm³/mol. The summed E-state index contributed by atoms with van der Waals surface area (Å²) < 4.78 is 11.0. The van der Waals surface area contributed by atoms with Gasteiger partial charge < -0.3 is 9.15 Å². The third-order valence-electron chi connectivity index (χ3n) is 3.78. The first-order chi connectivity index (χ1) is 13.6. The van der Waals surface area contributed by atoms with Gasteiger partial charge in [-0.15, -0.1) is 15.3 Å². The zero-order valence-electron chi connectivity index (χ0n) is 14.5. The van der Waals surface area contributed by atoms with Crippen LogP contribution in [0.25, 0.3) is 22.8 Å². The Labute approximate surface area is 174 Å². The summed E-state index contributed by atoms with van der Waals surface area (Å²) in [5, 5.41) is 16.9. The summed E-state index contributed by atoms with van der Waals surface area (Å²) in [4.78, 5) is 4.47. The fourth-order valence-electron chi connectivity index (χ4n) is 2.48. The monoisotopic (exact) mass is 433 g/mol. The van der Waals surface area contributed by atoms with Crippen LogP contribution in [0.5, 0.6) is 5.75 Å². The van der Waals surface area contributed by atoms with Crippen LogP contribution < -0.4 is 4.74 Å². The summed E-state index contributed by atoms with van der Waals surface area (Å²) in [5.41, 5.74) is 1.43. The van der Waals surface area contributed by atoms with E-state index < -0.39 is 0 Å². The second-order valence-electron chi connectivity index (χ2n) is 5.58. The lowest BCUT2D eigenvalue weighted by Gasteiger charge is -2.05. The average molecular weight is 434 g/mol. The van der Waals surface area contributed by atoms with Crippen LogP contribution in [0.15, 0.2) is 52.0 Å². The molecular weight excluding hydrogens is 421 g/mol. The summed E-state index contributed by atoms with van der Waals surface area (Å²) >= 11 is 13.6. The highest BCUT2D eigenvalue weighted by molar-refractivity contribution is 7.98. The number of thioether (sulfide) groups is 1. The van der Waals surface area contributed by atoms with Crippen molar-refractivity contribution >= 4 is 35.0 Å². The van der Waals surface area contributed by atoms with Crippen molar-refractivity contribution in [2.24, 2.45) is 0 Å². The van der Waals surface area contributed by atoms with Gasteiger partial charge in [-0.1, -0.05) is 47.1 Å². The molecule has 2 aromatic heterocycles. The van der Waals surface area contributed by atoms with Gasteiger partial charge in [-0.2, -0.15) is 0 Å². The molecule has 0 saturated carbocycles. The molecule has 0 saturated heterocycles. The summed E-state index contributed by atoms with van der Waals surface area (Å²) in [6, 6.07) is 12.6. The molecular formula is C18H13Cl2N5O2S. The van der Waals surface area contributed by atoms with Gasteiger partial charge in [0.05, 0.1) is 29.0 Å². The standard InChI is InChI=1S/C18H13Cl2N5O2S/c1-26-14-7-6-10(19)8-12(14)16-21-18(25-23-16)28-9-15-22-24-17(27-15)11-4-2-3-5-13(11)20/h2-8H,9H2,1H3,(H,21,23,25). The van der Waals surface area contributed by atoms with Gasteiger partial charge in [0.2, 0.25) is 16.9 Å². The SMILES string of the molecule is COc1ccc(Cl)cc1-c1nc(SCc2nnc(-c3ccccc3Cl)o2)n[nH]1. The average Bonchev–Trinajstić information content (AvgIpc) is 3.36. The normalized spacial score (nSPS) is 11.0. The Morgan fingerprint density at radius 1 is 1.11 bits per heavy atom. The van der Waals surface area contributed by atoms with E-state index in [0.29, 0.717) is 49.9 Å². The number of ether oxygens (including phenoxy) is 1. The molecule has 10 heteroatoms. The third kappa shape index (κ3) is 3.99. The van der Waals surface area contributed by atoms with Gasteiger partial charge in [-0.05, 0) is 30.3 Å². The highest BCUT2D eigenvalue weighted by atomic mass is 35.5. The number of methoxy groups -OCH3 is 1. The maximum Gasteiger partial charge on any atom is 0.249 e. The van der Waals surface area contributed by atoms with E-state index in [9.17, 15) is 0 Å². The zero-order valence-corrected chi connectivity index (χ0v) is 16.8. The van der Waals surface area contributed by atoms with Crippen molar-refractivity contribution in [3.05, 3.63) is 58.4 Å². The summed E-state index contributed by atoms with van der Waals surface area (Å²) in [6.07, 6.45) is 0. The lowest BCUT2D eigenvalue weighted by atomic mass is 10.2. The fraction of sp³-hybridized carbons (Fsp3) is 0.111. The quantitative estimate of drug-likeness (QED) is 0.421. The molecule has 0 fully saturated rings. The fourth-order valence-corrected chi connectivity index (χ4v) is 3.50. The zero-order chi connectivity index (χ0) is 19.5. The molecule has 0 aliphatic rings. The third-order valence-corrected chi connectivity index (χ3v) is 5.17. The molecule has 2 heterocycles. The van der Waals surface area contributed by atoms with Gasteiger partial charge in [0.25, 0.3) is 0 Å². The Hall–Kier alpha value is -2.55. The molecule has 0 spiro atoms. The van der Waals surface area contributed by atoms with E-state index in [1.54, 1.807) is 31.4 Å². The van der Waals surface area contributed by atoms with Gasteiger partial charge in [0.1, 0.15) is 5.75 Å². The molecule has 2 aromatic carbocycles. The number of H-pyrrole nitrogens is 1. The smallest absolute Gasteiger partial charge is 0.249 e. The molecule has 142 valence electrons. The van der Waals surface area contributed by atoms with E-state index in [4.69, 9.17) is 32.4 Å². The molecule has 0 radical (unpaired) electrons. The summed E-state index contributed by atoms with van der Waals surface area (Å²) in [7, 11) is 1.59. The number of hydrogen-bond acceptors (Lipinski definition) is 7. The topological polar surface area (TPSA) is 89.7 Å². The largest absolute Gasteiger partial charge is 0.496 e. The van der Waals surface area contributed by atoms with Gasteiger partial charge >= 0.3 is 0 Å². The van der Waals surface area contributed by atoms with Crippen molar-refractivity contribution in [1.29, 1.82) is 0 Å². The van der Waals surface area contributed by atoms with E-state index in [1.165, 1.54) is 11.8 Å². The molecule has 0 aliphatic carbocycles. The Morgan fingerprint density at radius 2 is 1.96 bits per heavy atom. The van der Waals surface area contributed by atoms with Crippen molar-refractivity contribution < 1.29 is 9.15 Å². The van der Waals surface area contributed by atoms with Crippen LogP contribution >= 0.6 is 35.0 Å². The highest BCUT2D eigenvalue weighted by Crippen LogP contribution is 2.32. The Morgan fingerprint density at radius 3 is 2.79 bits per heavy atom. The predicted octanol–water partition coefficient (Wildman–Crippen LogP) is 5.13. The van der Waals surface area contributed by atoms with E-state index in [2.05, 4.69) is 25.4 Å². The molecule has 28 heavy (non-hydrogen) atoms. The molecule has 7 nitrogen and oxygen atoms in total. The first-order valence-electron chi connectivity index (χ1n) is 8.10. The lowest BCUT2D eigenvalue weighted by molar-refractivity contribution is 0.416. The minimum absolute atomic E-state index is 0.375. The lowest BCUT2D eigenvalue weighted by Crippen LogP contribution is -1.89. The Kier molecular flexibility index (Phi) is 5.52. The first kappa shape index (κ1) is 18.8. The van der Waals surface area contributed by atoms with Crippen LogP contribution in [-0.4, -0.2) is 32.5 Å². The van der Waals surface area contributed by atoms with Crippen LogP contribution in [0.2, 0.25) is 10.0 Å². The molecule has 1 N–H and O–H groups in total. The highest BCUT2D eigenvalue weighted by Gasteiger charge is 2.15. The van der Waals surface area contributed by atoms with Crippen LogP contribution in [0.4, 0.5) is 0 Å². The number of aromatic nitrogens is 5. The molecule has 0 aliphatic heterocycles. The summed E-state index contributed by atoms with van der Waals surface area (Å²) in [5.74, 6) is 2.45. The van der Waals surface area contributed by atoms with Crippen LogP contribution in [0, 0.1) is 0 Å². The van der Waals surface area contributed by atoms with E-state index in [0.717, 1.165) is 5.56 Å². The van der Waals surface area contributed by atoms with Gasteiger partial charge in [-0.25, -0.2) is 4.98 Å². The van der Waals surface area contributed by atoms with Gasteiger partial charge in [0, 0.05) is 5.02 Å². The van der Waals surface area contributed by atoms with Gasteiger partial charge in [0.15, 0.2) is 5.82 Å². The molecule has 4 aromatic rings. The maximum atomic E-state index is 6.16. The minimum Gasteiger partial charge on any atom is -0.496 e. The van der Waals surface area contributed by atoms with Crippen molar-refractivity contribution in [1.82, 2.24) is 25.4 Å². The molecule has 0 atom stereocenters. The first-order valence-corrected chi connectivity index (χ1v) is 9.84. The number of nitrogens with zero attached hydrogens (tertiary/aromatic N) is 4. The second-order valence-corrected chi connectivity index (χ2v) is 7.37. The van der Waals surface area contributed by atoms with Gasteiger partial charge in [-0.3, -0.25) is 5.10 Å². The number of nitrogens with one attached hydrogen (secondary N) is 1. The number of rotatable bonds is 6. The van der Waals surface area contributed by atoms with Crippen LogP contribution in [0.1, 0.15) is 5.89 Å². The molecule has 0 bridgehead atoms. The summed E-state index contributed by atoms with van der Waals surface area (Å²) in [6.45, 7) is 0. The number of halogens is 2. The molecule has 4 rings (SSSR count). The number of aromatic amines is 1.